The van der Waals surface area contributed by atoms with E-state index >= 15 is 0 Å². The van der Waals surface area contributed by atoms with Crippen molar-refractivity contribution in [1.29, 1.82) is 0 Å². The fraction of sp³-hybridized carbons (Fsp3) is 0.867. The average molecular weight is 278 g/mol. The van der Waals surface area contributed by atoms with Crippen LogP contribution in [0.2, 0.25) is 0 Å². The molecule has 20 heavy (non-hydrogen) atoms. The molecule has 2 aliphatic heterocycles. The van der Waals surface area contributed by atoms with E-state index in [1.165, 1.54) is 25.8 Å². The van der Waals surface area contributed by atoms with E-state index in [2.05, 4.69) is 28.9 Å². The Labute approximate surface area is 121 Å². The summed E-state index contributed by atoms with van der Waals surface area (Å²) in [6, 6.07) is 1.13. The van der Waals surface area contributed by atoms with E-state index in [9.17, 15) is 5.11 Å². The number of rotatable bonds is 3. The second-order valence-electron chi connectivity index (χ2n) is 6.46. The van der Waals surface area contributed by atoms with Gasteiger partial charge < -0.3 is 5.11 Å². The molecular formula is C15H26N4O. The summed E-state index contributed by atoms with van der Waals surface area (Å²) in [6.45, 7) is 5.73. The van der Waals surface area contributed by atoms with Crippen LogP contribution in [0.3, 0.4) is 0 Å². The second-order valence-corrected chi connectivity index (χ2v) is 6.46. The number of aliphatic hydroxyl groups is 1. The van der Waals surface area contributed by atoms with Gasteiger partial charge in [0.25, 0.3) is 0 Å². The summed E-state index contributed by atoms with van der Waals surface area (Å²) in [6.07, 6.45) is 7.13. The zero-order valence-corrected chi connectivity index (χ0v) is 12.6. The first kappa shape index (κ1) is 14.0. The van der Waals surface area contributed by atoms with Gasteiger partial charge in [-0.2, -0.15) is 0 Å². The fourth-order valence-electron chi connectivity index (χ4n) is 3.72. The van der Waals surface area contributed by atoms with Gasteiger partial charge in [0.05, 0.1) is 0 Å². The van der Waals surface area contributed by atoms with Crippen molar-refractivity contribution in [3.63, 3.8) is 0 Å². The van der Waals surface area contributed by atoms with Crippen molar-refractivity contribution in [2.24, 2.45) is 0 Å². The summed E-state index contributed by atoms with van der Waals surface area (Å²) in [5, 5.41) is 18.8. The number of nitrogens with zero attached hydrogens (tertiary/aromatic N) is 4. The van der Waals surface area contributed by atoms with E-state index in [1.807, 2.05) is 4.57 Å². The summed E-state index contributed by atoms with van der Waals surface area (Å²) < 4.78 is 1.98. The number of hydrogen-bond donors (Lipinski definition) is 1. The van der Waals surface area contributed by atoms with Crippen LogP contribution in [0, 0.1) is 0 Å². The molecule has 0 saturated carbocycles. The summed E-state index contributed by atoms with van der Waals surface area (Å²) in [5.41, 5.74) is 0. The monoisotopic (exact) mass is 278 g/mol. The van der Waals surface area contributed by atoms with Gasteiger partial charge in [-0.1, -0.05) is 6.42 Å². The first-order chi connectivity index (χ1) is 9.66. The highest BCUT2D eigenvalue weighted by Crippen LogP contribution is 2.26. The molecule has 1 fully saturated rings. The molecule has 0 aliphatic carbocycles. The van der Waals surface area contributed by atoms with Gasteiger partial charge in [0, 0.05) is 24.9 Å². The minimum absolute atomic E-state index is 0.417. The van der Waals surface area contributed by atoms with Crippen LogP contribution in [-0.2, 0) is 12.8 Å². The Morgan fingerprint density at radius 1 is 1.20 bits per heavy atom. The molecule has 2 aliphatic rings. The molecule has 0 bridgehead atoms. The van der Waals surface area contributed by atoms with Crippen molar-refractivity contribution < 1.29 is 5.11 Å². The third-order valence-electron chi connectivity index (χ3n) is 4.75. The molecule has 0 spiro atoms. The number of aliphatic hydroxyl groups excluding tert-OH is 1. The normalized spacial score (nSPS) is 27.8. The number of aromatic nitrogens is 3. The maximum absolute atomic E-state index is 10.2. The number of fused-ring (bicyclic) bond motifs is 1. The van der Waals surface area contributed by atoms with Crippen LogP contribution in [-0.4, -0.2) is 43.4 Å². The molecule has 1 saturated heterocycles. The lowest BCUT2D eigenvalue weighted by molar-refractivity contribution is 0.0694. The summed E-state index contributed by atoms with van der Waals surface area (Å²) in [7, 11) is 0. The molecule has 0 aromatic carbocycles. The number of hydrogen-bond acceptors (Lipinski definition) is 4. The lowest BCUT2D eigenvalue weighted by atomic mass is 9.97. The Bertz CT molecular complexity index is 457. The highest BCUT2D eigenvalue weighted by atomic mass is 16.3. The molecule has 5 heteroatoms. The maximum Gasteiger partial charge on any atom is 0.136 e. The Morgan fingerprint density at radius 2 is 2.05 bits per heavy atom. The molecule has 112 valence electrons. The van der Waals surface area contributed by atoms with Crippen molar-refractivity contribution >= 4 is 0 Å². The molecule has 0 amide bonds. The Kier molecular flexibility index (Phi) is 4.08. The topological polar surface area (TPSA) is 54.2 Å². The zero-order chi connectivity index (χ0) is 14.1. The van der Waals surface area contributed by atoms with Gasteiger partial charge in [-0.15, -0.1) is 10.2 Å². The minimum atomic E-state index is -0.417. The molecule has 2 unspecified atom stereocenters. The molecule has 1 N–H and O–H groups in total. The third-order valence-corrected chi connectivity index (χ3v) is 4.75. The van der Waals surface area contributed by atoms with E-state index in [4.69, 9.17) is 0 Å². The van der Waals surface area contributed by atoms with Crippen LogP contribution in [0.5, 0.6) is 0 Å². The van der Waals surface area contributed by atoms with E-state index in [1.54, 1.807) is 0 Å². The number of aryl methyl sites for hydroxylation is 1. The van der Waals surface area contributed by atoms with Gasteiger partial charge in [-0.05, 0) is 46.1 Å². The molecular weight excluding hydrogens is 252 g/mol. The van der Waals surface area contributed by atoms with Crippen molar-refractivity contribution in [2.45, 2.75) is 77.1 Å². The van der Waals surface area contributed by atoms with Crippen LogP contribution in [0.25, 0.3) is 0 Å². The first-order valence-electron chi connectivity index (χ1n) is 8.03. The average Bonchev–Trinajstić information content (AvgIpc) is 2.84. The predicted octanol–water partition coefficient (Wildman–Crippen LogP) is 1.91. The highest BCUT2D eigenvalue weighted by molar-refractivity contribution is 5.03. The Balaban J connectivity index is 1.78. The minimum Gasteiger partial charge on any atom is -0.373 e. The van der Waals surface area contributed by atoms with Gasteiger partial charge in [-0.3, -0.25) is 9.47 Å². The molecule has 3 heterocycles. The van der Waals surface area contributed by atoms with Gasteiger partial charge in [0.15, 0.2) is 0 Å². The van der Waals surface area contributed by atoms with Gasteiger partial charge in [0.1, 0.15) is 17.9 Å². The number of piperidine rings is 1. The highest BCUT2D eigenvalue weighted by Gasteiger charge is 2.29. The van der Waals surface area contributed by atoms with Crippen LogP contribution < -0.4 is 0 Å². The van der Waals surface area contributed by atoms with Crippen LogP contribution in [0.4, 0.5) is 0 Å². The fourth-order valence-corrected chi connectivity index (χ4v) is 3.72. The maximum atomic E-state index is 10.2. The molecule has 1 aromatic heterocycles. The van der Waals surface area contributed by atoms with Crippen LogP contribution in [0.1, 0.15) is 63.8 Å². The van der Waals surface area contributed by atoms with Gasteiger partial charge in [0.2, 0.25) is 0 Å². The summed E-state index contributed by atoms with van der Waals surface area (Å²) in [4.78, 5) is 2.58. The molecule has 5 nitrogen and oxygen atoms in total. The molecule has 2 atom stereocenters. The molecule has 1 aromatic rings. The standard InChI is InChI=1S/C15H26N4O/c1-11(2)18-9-4-3-6-12(18)10-14-17-16-13-7-5-8-15(20)19(13)14/h11-12,15,20H,3-10H2,1-2H3. The van der Waals surface area contributed by atoms with E-state index in [-0.39, 0.29) is 0 Å². The Morgan fingerprint density at radius 3 is 2.85 bits per heavy atom. The van der Waals surface area contributed by atoms with Crippen molar-refractivity contribution in [2.75, 3.05) is 6.54 Å². The second kappa shape index (κ2) is 5.82. The van der Waals surface area contributed by atoms with Crippen LogP contribution in [0.15, 0.2) is 0 Å². The lowest BCUT2D eigenvalue weighted by Crippen LogP contribution is -2.45. The Hall–Kier alpha value is -0.940. The van der Waals surface area contributed by atoms with E-state index in [0.717, 1.165) is 37.3 Å². The molecule has 0 radical (unpaired) electrons. The quantitative estimate of drug-likeness (QED) is 0.917. The third kappa shape index (κ3) is 2.61. The van der Waals surface area contributed by atoms with E-state index in [0.29, 0.717) is 12.1 Å². The van der Waals surface area contributed by atoms with Crippen LogP contribution >= 0.6 is 0 Å². The summed E-state index contributed by atoms with van der Waals surface area (Å²) >= 11 is 0. The SMILES string of the molecule is CC(C)N1CCCCC1Cc1nnc2n1C(O)CCC2. The lowest BCUT2D eigenvalue weighted by Gasteiger charge is -2.38. The van der Waals surface area contributed by atoms with Gasteiger partial charge >= 0.3 is 0 Å². The van der Waals surface area contributed by atoms with E-state index < -0.39 is 6.23 Å². The number of likely N-dealkylation sites (tertiary alicyclic amines) is 1. The van der Waals surface area contributed by atoms with Crippen molar-refractivity contribution in [3.05, 3.63) is 11.6 Å². The predicted molar refractivity (Wildman–Crippen MR) is 77.4 cm³/mol. The largest absolute Gasteiger partial charge is 0.373 e. The smallest absolute Gasteiger partial charge is 0.136 e. The summed E-state index contributed by atoms with van der Waals surface area (Å²) in [5.74, 6) is 1.94. The van der Waals surface area contributed by atoms with Crippen molar-refractivity contribution in [1.82, 2.24) is 19.7 Å². The first-order valence-corrected chi connectivity index (χ1v) is 8.03. The van der Waals surface area contributed by atoms with Gasteiger partial charge in [-0.25, -0.2) is 0 Å². The molecule has 3 rings (SSSR count). The zero-order valence-electron chi connectivity index (χ0n) is 12.6. The van der Waals surface area contributed by atoms with Crippen molar-refractivity contribution in [3.8, 4) is 0 Å².